The van der Waals surface area contributed by atoms with E-state index in [1.54, 1.807) is 0 Å². The zero-order chi connectivity index (χ0) is 13.5. The number of anilines is 1. The van der Waals surface area contributed by atoms with Crippen LogP contribution in [-0.4, -0.2) is 13.3 Å². The summed E-state index contributed by atoms with van der Waals surface area (Å²) in [6.45, 7) is 0.969. The Morgan fingerprint density at radius 2 is 1.85 bits per heavy atom. The Bertz CT molecular complexity index is 674. The molecule has 0 fully saturated rings. The second-order valence-electron chi connectivity index (χ2n) is 4.74. The molecule has 0 radical (unpaired) electrons. The molecule has 2 heterocycles. The quantitative estimate of drug-likeness (QED) is 0.870. The summed E-state index contributed by atoms with van der Waals surface area (Å²) in [5.41, 5.74) is 1.98. The molecule has 2 aliphatic heterocycles. The highest BCUT2D eigenvalue weighted by Crippen LogP contribution is 2.39. The van der Waals surface area contributed by atoms with E-state index in [0.29, 0.717) is 11.6 Å². The topological polar surface area (TPSA) is 39.7 Å². The van der Waals surface area contributed by atoms with Gasteiger partial charge in [0.15, 0.2) is 11.5 Å². The minimum Gasteiger partial charge on any atom is -0.482 e. The number of nitrogens with one attached hydrogen (secondary N) is 1. The maximum absolute atomic E-state index is 6.02. The van der Waals surface area contributed by atoms with Crippen molar-refractivity contribution >= 4 is 17.3 Å². The van der Waals surface area contributed by atoms with Crippen LogP contribution in [0.3, 0.4) is 0 Å². The summed E-state index contributed by atoms with van der Waals surface area (Å²) < 4.78 is 16.7. The minimum atomic E-state index is -0.0572. The Balaban J connectivity index is 1.63. The second kappa shape index (κ2) is 4.49. The van der Waals surface area contributed by atoms with E-state index in [0.717, 1.165) is 28.5 Å². The van der Waals surface area contributed by atoms with Crippen molar-refractivity contribution in [1.29, 1.82) is 0 Å². The van der Waals surface area contributed by atoms with Gasteiger partial charge in [-0.15, -0.1) is 0 Å². The lowest BCUT2D eigenvalue weighted by atomic mass is 10.1. The van der Waals surface area contributed by atoms with Gasteiger partial charge in [-0.2, -0.15) is 0 Å². The fourth-order valence-corrected chi connectivity index (χ4v) is 2.61. The summed E-state index contributed by atoms with van der Waals surface area (Å²) in [6, 6.07) is 11.5. The lowest BCUT2D eigenvalue weighted by Crippen LogP contribution is -2.23. The molecule has 1 N–H and O–H groups in total. The number of halogens is 1. The highest BCUT2D eigenvalue weighted by atomic mass is 35.5. The standard InChI is InChI=1S/C15H12ClNO3/c16-10-2-4-12-11(6-10)17-7-15(20-12)9-1-3-13-14(5-9)19-8-18-13/h1-6,15,17H,7-8H2. The predicted octanol–water partition coefficient (Wildman–Crippen LogP) is 3.61. The lowest BCUT2D eigenvalue weighted by Gasteiger charge is -2.27. The molecule has 2 aromatic rings. The fraction of sp³-hybridized carbons (Fsp3) is 0.200. The summed E-state index contributed by atoms with van der Waals surface area (Å²) in [7, 11) is 0. The molecule has 0 saturated carbocycles. The molecule has 0 aromatic heterocycles. The number of ether oxygens (including phenoxy) is 3. The van der Waals surface area contributed by atoms with Gasteiger partial charge < -0.3 is 19.5 Å². The Kier molecular flexibility index (Phi) is 2.63. The summed E-state index contributed by atoms with van der Waals surface area (Å²) in [4.78, 5) is 0. The second-order valence-corrected chi connectivity index (χ2v) is 5.18. The Labute approximate surface area is 121 Å². The molecule has 1 atom stereocenters. The summed E-state index contributed by atoms with van der Waals surface area (Å²) in [6.07, 6.45) is -0.0572. The van der Waals surface area contributed by atoms with Gasteiger partial charge in [-0.3, -0.25) is 0 Å². The van der Waals surface area contributed by atoms with Gasteiger partial charge in [0, 0.05) is 5.02 Å². The summed E-state index contributed by atoms with van der Waals surface area (Å²) in [5, 5.41) is 4.03. The average molecular weight is 290 g/mol. The molecular formula is C15H12ClNO3. The molecule has 2 aromatic carbocycles. The van der Waals surface area contributed by atoms with Crippen molar-refractivity contribution in [3.05, 3.63) is 47.0 Å². The van der Waals surface area contributed by atoms with Crippen molar-refractivity contribution in [2.45, 2.75) is 6.10 Å². The first-order valence-electron chi connectivity index (χ1n) is 6.39. The van der Waals surface area contributed by atoms with Crippen LogP contribution in [0.2, 0.25) is 5.02 Å². The summed E-state index contributed by atoms with van der Waals surface area (Å²) in [5.74, 6) is 2.36. The van der Waals surface area contributed by atoms with Crippen LogP contribution >= 0.6 is 11.6 Å². The third-order valence-corrected chi connectivity index (χ3v) is 3.69. The number of benzene rings is 2. The van der Waals surface area contributed by atoms with Crippen molar-refractivity contribution < 1.29 is 14.2 Å². The van der Waals surface area contributed by atoms with Crippen LogP contribution in [0, 0.1) is 0 Å². The molecule has 1 unspecified atom stereocenters. The van der Waals surface area contributed by atoms with Crippen LogP contribution < -0.4 is 19.5 Å². The maximum atomic E-state index is 6.02. The predicted molar refractivity (Wildman–Crippen MR) is 75.9 cm³/mol. The Hall–Kier alpha value is -2.07. The molecule has 4 rings (SSSR count). The molecule has 20 heavy (non-hydrogen) atoms. The normalized spacial score (nSPS) is 18.9. The first-order chi connectivity index (χ1) is 9.79. The smallest absolute Gasteiger partial charge is 0.231 e. The Morgan fingerprint density at radius 1 is 1.00 bits per heavy atom. The van der Waals surface area contributed by atoms with Crippen molar-refractivity contribution in [2.24, 2.45) is 0 Å². The van der Waals surface area contributed by atoms with E-state index in [1.165, 1.54) is 0 Å². The first kappa shape index (κ1) is 11.7. The van der Waals surface area contributed by atoms with Gasteiger partial charge in [0.05, 0.1) is 12.2 Å². The molecule has 5 heteroatoms. The SMILES string of the molecule is Clc1ccc2c(c1)NCC(c1ccc3c(c1)OCO3)O2. The van der Waals surface area contributed by atoms with E-state index in [4.69, 9.17) is 25.8 Å². The number of hydrogen-bond acceptors (Lipinski definition) is 4. The largest absolute Gasteiger partial charge is 0.482 e. The van der Waals surface area contributed by atoms with Crippen LogP contribution in [0.1, 0.15) is 11.7 Å². The molecule has 2 aliphatic rings. The molecular weight excluding hydrogens is 278 g/mol. The van der Waals surface area contributed by atoms with E-state index in [1.807, 2.05) is 36.4 Å². The third kappa shape index (κ3) is 1.93. The van der Waals surface area contributed by atoms with Crippen LogP contribution in [0.4, 0.5) is 5.69 Å². The van der Waals surface area contributed by atoms with E-state index in [9.17, 15) is 0 Å². The third-order valence-electron chi connectivity index (χ3n) is 3.46. The van der Waals surface area contributed by atoms with Crippen molar-refractivity contribution in [3.8, 4) is 17.2 Å². The zero-order valence-electron chi connectivity index (χ0n) is 10.6. The van der Waals surface area contributed by atoms with E-state index in [2.05, 4.69) is 5.32 Å². The van der Waals surface area contributed by atoms with Crippen LogP contribution in [0.5, 0.6) is 17.2 Å². The van der Waals surface area contributed by atoms with Gasteiger partial charge >= 0.3 is 0 Å². The zero-order valence-corrected chi connectivity index (χ0v) is 11.3. The van der Waals surface area contributed by atoms with Crippen molar-refractivity contribution in [1.82, 2.24) is 0 Å². The van der Waals surface area contributed by atoms with Crippen LogP contribution in [0.15, 0.2) is 36.4 Å². The number of rotatable bonds is 1. The van der Waals surface area contributed by atoms with Gasteiger partial charge in [-0.1, -0.05) is 17.7 Å². The average Bonchev–Trinajstić information content (AvgIpc) is 2.94. The molecule has 0 bridgehead atoms. The Morgan fingerprint density at radius 3 is 2.80 bits per heavy atom. The minimum absolute atomic E-state index is 0.0572. The van der Waals surface area contributed by atoms with Gasteiger partial charge in [0.1, 0.15) is 11.9 Å². The number of hydrogen-bond donors (Lipinski definition) is 1. The molecule has 4 nitrogen and oxygen atoms in total. The van der Waals surface area contributed by atoms with Crippen LogP contribution in [0.25, 0.3) is 0 Å². The molecule has 0 amide bonds. The molecule has 102 valence electrons. The van der Waals surface area contributed by atoms with Gasteiger partial charge in [-0.25, -0.2) is 0 Å². The molecule has 0 aliphatic carbocycles. The number of fused-ring (bicyclic) bond motifs is 2. The van der Waals surface area contributed by atoms with Crippen molar-refractivity contribution in [3.63, 3.8) is 0 Å². The van der Waals surface area contributed by atoms with Gasteiger partial charge in [0.25, 0.3) is 0 Å². The monoisotopic (exact) mass is 289 g/mol. The van der Waals surface area contributed by atoms with E-state index in [-0.39, 0.29) is 12.9 Å². The molecule has 0 saturated heterocycles. The summed E-state index contributed by atoms with van der Waals surface area (Å²) >= 11 is 5.97. The molecule has 0 spiro atoms. The highest BCUT2D eigenvalue weighted by molar-refractivity contribution is 6.30. The van der Waals surface area contributed by atoms with Crippen molar-refractivity contribution in [2.75, 3.05) is 18.7 Å². The maximum Gasteiger partial charge on any atom is 0.231 e. The van der Waals surface area contributed by atoms with Gasteiger partial charge in [-0.05, 0) is 35.9 Å². The highest BCUT2D eigenvalue weighted by Gasteiger charge is 2.23. The van der Waals surface area contributed by atoms with E-state index >= 15 is 0 Å². The van der Waals surface area contributed by atoms with E-state index < -0.39 is 0 Å². The van der Waals surface area contributed by atoms with Gasteiger partial charge in [0.2, 0.25) is 6.79 Å². The van der Waals surface area contributed by atoms with Crippen LogP contribution in [-0.2, 0) is 0 Å². The lowest BCUT2D eigenvalue weighted by molar-refractivity contribution is 0.173. The first-order valence-corrected chi connectivity index (χ1v) is 6.77. The fourth-order valence-electron chi connectivity index (χ4n) is 2.44.